The summed E-state index contributed by atoms with van der Waals surface area (Å²) in [7, 11) is 3.70. The van der Waals surface area contributed by atoms with Gasteiger partial charge in [-0.2, -0.15) is 10.2 Å². The van der Waals surface area contributed by atoms with Crippen LogP contribution in [0.1, 0.15) is 16.1 Å². The lowest BCUT2D eigenvalue weighted by atomic mass is 10.0. The second kappa shape index (κ2) is 7.22. The molecule has 0 spiro atoms. The van der Waals surface area contributed by atoms with Crippen molar-refractivity contribution in [3.05, 3.63) is 60.0 Å². The largest absolute Gasteiger partial charge is 0.497 e. The van der Waals surface area contributed by atoms with E-state index < -0.39 is 0 Å². The van der Waals surface area contributed by atoms with Crippen LogP contribution in [0, 0.1) is 0 Å². The molecule has 0 radical (unpaired) electrons. The third-order valence-corrected chi connectivity index (χ3v) is 5.53. The molecule has 0 fully saturated rings. The van der Waals surface area contributed by atoms with Gasteiger partial charge < -0.3 is 15.0 Å². The SMILES string of the molecule is COc1cccc(CNC(=O)c2nn3c4c(c(-c5cn[nH]c5)ccc24)N(C)CC3)c1. The van der Waals surface area contributed by atoms with Gasteiger partial charge in [0.25, 0.3) is 5.91 Å². The lowest BCUT2D eigenvalue weighted by molar-refractivity contribution is 0.0946. The Morgan fingerprint density at radius 1 is 1.27 bits per heavy atom. The highest BCUT2D eigenvalue weighted by atomic mass is 16.5. The molecular weight excluding hydrogens is 380 g/mol. The highest BCUT2D eigenvalue weighted by molar-refractivity contribution is 6.10. The number of aromatic nitrogens is 4. The molecule has 8 nitrogen and oxygen atoms in total. The summed E-state index contributed by atoms with van der Waals surface area (Å²) in [6.07, 6.45) is 3.69. The van der Waals surface area contributed by atoms with E-state index in [1.165, 1.54) is 0 Å². The van der Waals surface area contributed by atoms with Gasteiger partial charge >= 0.3 is 0 Å². The van der Waals surface area contributed by atoms with E-state index in [0.717, 1.165) is 52.1 Å². The molecule has 1 aliphatic heterocycles. The molecule has 152 valence electrons. The van der Waals surface area contributed by atoms with Crippen molar-refractivity contribution in [3.63, 3.8) is 0 Å². The Labute approximate surface area is 173 Å². The first kappa shape index (κ1) is 18.2. The monoisotopic (exact) mass is 402 g/mol. The van der Waals surface area contributed by atoms with E-state index in [1.807, 2.05) is 53.5 Å². The number of hydrogen-bond acceptors (Lipinski definition) is 5. The van der Waals surface area contributed by atoms with E-state index in [0.29, 0.717) is 12.2 Å². The summed E-state index contributed by atoms with van der Waals surface area (Å²) in [5.41, 5.74) is 5.55. The molecular formula is C22H22N6O2. The number of H-pyrrole nitrogens is 1. The Kier molecular flexibility index (Phi) is 4.39. The molecule has 8 heteroatoms. The number of amides is 1. The van der Waals surface area contributed by atoms with Gasteiger partial charge in [0, 0.05) is 42.8 Å². The fourth-order valence-electron chi connectivity index (χ4n) is 4.01. The van der Waals surface area contributed by atoms with Crippen molar-refractivity contribution in [3.8, 4) is 16.9 Å². The number of anilines is 1. The maximum Gasteiger partial charge on any atom is 0.272 e. The Morgan fingerprint density at radius 3 is 2.97 bits per heavy atom. The molecule has 2 N–H and O–H groups in total. The number of aromatic amines is 1. The van der Waals surface area contributed by atoms with Crippen molar-refractivity contribution in [1.82, 2.24) is 25.3 Å². The Hall–Kier alpha value is -3.81. The van der Waals surface area contributed by atoms with Crippen LogP contribution in [0.4, 0.5) is 5.69 Å². The molecule has 4 aromatic rings. The first-order valence-electron chi connectivity index (χ1n) is 9.80. The van der Waals surface area contributed by atoms with Crippen molar-refractivity contribution in [2.75, 3.05) is 25.6 Å². The van der Waals surface area contributed by atoms with Gasteiger partial charge in [-0.15, -0.1) is 0 Å². The van der Waals surface area contributed by atoms with Crippen molar-refractivity contribution >= 4 is 22.5 Å². The lowest BCUT2D eigenvalue weighted by Crippen LogP contribution is -2.28. The number of ether oxygens (including phenoxy) is 1. The zero-order valence-corrected chi connectivity index (χ0v) is 16.8. The minimum atomic E-state index is -0.187. The molecule has 3 heterocycles. The zero-order chi connectivity index (χ0) is 20.7. The number of hydrogen-bond donors (Lipinski definition) is 2. The molecule has 2 aromatic carbocycles. The van der Waals surface area contributed by atoms with Crippen LogP contribution < -0.4 is 15.0 Å². The van der Waals surface area contributed by atoms with Crippen LogP contribution in [-0.4, -0.2) is 46.6 Å². The lowest BCUT2D eigenvalue weighted by Gasteiger charge is -2.28. The van der Waals surface area contributed by atoms with Crippen molar-refractivity contribution in [2.24, 2.45) is 0 Å². The van der Waals surface area contributed by atoms with E-state index in [1.54, 1.807) is 7.11 Å². The highest BCUT2D eigenvalue weighted by Crippen LogP contribution is 2.39. The Morgan fingerprint density at radius 2 is 2.17 bits per heavy atom. The molecule has 0 aliphatic carbocycles. The molecule has 0 atom stereocenters. The predicted molar refractivity (Wildman–Crippen MR) is 115 cm³/mol. The summed E-state index contributed by atoms with van der Waals surface area (Å²) in [5, 5.41) is 15.5. The molecule has 0 saturated heterocycles. The average molecular weight is 402 g/mol. The van der Waals surface area contributed by atoms with E-state index in [2.05, 4.69) is 32.6 Å². The van der Waals surface area contributed by atoms with Crippen LogP contribution in [0.25, 0.3) is 22.0 Å². The maximum atomic E-state index is 13.0. The van der Waals surface area contributed by atoms with Gasteiger partial charge in [-0.3, -0.25) is 14.6 Å². The molecule has 0 bridgehead atoms. The number of carbonyl (C=O) groups is 1. The maximum absolute atomic E-state index is 13.0. The molecule has 30 heavy (non-hydrogen) atoms. The third kappa shape index (κ3) is 2.97. The summed E-state index contributed by atoms with van der Waals surface area (Å²) < 4.78 is 7.19. The fraction of sp³-hybridized carbons (Fsp3) is 0.227. The summed E-state index contributed by atoms with van der Waals surface area (Å²) in [5.74, 6) is 0.579. The van der Waals surface area contributed by atoms with Crippen LogP contribution in [0.15, 0.2) is 48.8 Å². The van der Waals surface area contributed by atoms with Crippen molar-refractivity contribution in [1.29, 1.82) is 0 Å². The first-order chi connectivity index (χ1) is 14.7. The van der Waals surface area contributed by atoms with Gasteiger partial charge in [0.15, 0.2) is 5.69 Å². The summed E-state index contributed by atoms with van der Waals surface area (Å²) >= 11 is 0. The van der Waals surface area contributed by atoms with Crippen LogP contribution in [0.5, 0.6) is 5.75 Å². The van der Waals surface area contributed by atoms with Crippen molar-refractivity contribution in [2.45, 2.75) is 13.1 Å². The summed E-state index contributed by atoms with van der Waals surface area (Å²) in [6, 6.07) is 11.7. The molecule has 1 amide bonds. The van der Waals surface area contributed by atoms with Crippen LogP contribution >= 0.6 is 0 Å². The van der Waals surface area contributed by atoms with Crippen LogP contribution in [0.2, 0.25) is 0 Å². The van der Waals surface area contributed by atoms with Gasteiger partial charge in [-0.1, -0.05) is 18.2 Å². The standard InChI is InChI=1S/C22H22N6O2/c1-27-8-9-28-21-18(7-6-17(20(21)27)15-12-24-25-13-15)19(26-28)22(29)23-11-14-4-3-5-16(10-14)30-2/h3-7,10,12-13H,8-9,11H2,1-2H3,(H,23,29)(H,24,25). The normalized spacial score (nSPS) is 12.9. The number of methoxy groups -OCH3 is 1. The van der Waals surface area contributed by atoms with E-state index in [-0.39, 0.29) is 5.91 Å². The average Bonchev–Trinajstić information content (AvgIpc) is 3.43. The van der Waals surface area contributed by atoms with Gasteiger partial charge in [0.1, 0.15) is 5.75 Å². The highest BCUT2D eigenvalue weighted by Gasteiger charge is 2.26. The predicted octanol–water partition coefficient (Wildman–Crippen LogP) is 2.81. The fourth-order valence-corrected chi connectivity index (χ4v) is 4.01. The van der Waals surface area contributed by atoms with Crippen LogP contribution in [-0.2, 0) is 13.1 Å². The van der Waals surface area contributed by atoms with E-state index >= 15 is 0 Å². The number of rotatable bonds is 5. The third-order valence-electron chi connectivity index (χ3n) is 5.53. The van der Waals surface area contributed by atoms with Gasteiger partial charge in [-0.25, -0.2) is 0 Å². The number of nitrogens with one attached hydrogen (secondary N) is 2. The van der Waals surface area contributed by atoms with E-state index in [4.69, 9.17) is 4.74 Å². The van der Waals surface area contributed by atoms with Gasteiger partial charge in [-0.05, 0) is 23.8 Å². The molecule has 2 aromatic heterocycles. The summed E-state index contributed by atoms with van der Waals surface area (Å²) in [6.45, 7) is 1.96. The smallest absolute Gasteiger partial charge is 0.272 e. The summed E-state index contributed by atoms with van der Waals surface area (Å²) in [4.78, 5) is 15.2. The molecule has 5 rings (SSSR count). The van der Waals surface area contributed by atoms with Gasteiger partial charge in [0.2, 0.25) is 0 Å². The molecule has 0 saturated carbocycles. The van der Waals surface area contributed by atoms with Crippen molar-refractivity contribution < 1.29 is 9.53 Å². The van der Waals surface area contributed by atoms with Gasteiger partial charge in [0.05, 0.1) is 31.1 Å². The Balaban J connectivity index is 1.51. The number of benzene rings is 2. The zero-order valence-electron chi connectivity index (χ0n) is 16.8. The minimum Gasteiger partial charge on any atom is -0.497 e. The first-order valence-corrected chi connectivity index (χ1v) is 9.80. The topological polar surface area (TPSA) is 88.1 Å². The molecule has 0 unspecified atom stereocenters. The number of nitrogens with zero attached hydrogens (tertiary/aromatic N) is 4. The number of carbonyl (C=O) groups excluding carboxylic acids is 1. The van der Waals surface area contributed by atoms with E-state index in [9.17, 15) is 4.79 Å². The quantitative estimate of drug-likeness (QED) is 0.536. The molecule has 1 aliphatic rings. The van der Waals surface area contributed by atoms with Crippen LogP contribution in [0.3, 0.4) is 0 Å². The second-order valence-electron chi connectivity index (χ2n) is 7.37. The Bertz CT molecular complexity index is 1230. The number of likely N-dealkylation sites (N-methyl/N-ethyl adjacent to an activating group) is 1. The second-order valence-corrected chi connectivity index (χ2v) is 7.37. The minimum absolute atomic E-state index is 0.187.